The highest BCUT2D eigenvalue weighted by Gasteiger charge is 2.12. The topological polar surface area (TPSA) is 56.8 Å². The van der Waals surface area contributed by atoms with E-state index in [1.807, 2.05) is 31.2 Å². The van der Waals surface area contributed by atoms with E-state index in [0.29, 0.717) is 28.7 Å². The zero-order valence-electron chi connectivity index (χ0n) is 13.8. The molecule has 0 saturated heterocycles. The third-order valence-corrected chi connectivity index (χ3v) is 3.65. The van der Waals surface area contributed by atoms with Crippen molar-refractivity contribution in [2.75, 3.05) is 20.8 Å². The van der Waals surface area contributed by atoms with Gasteiger partial charge >= 0.3 is 0 Å². The summed E-state index contributed by atoms with van der Waals surface area (Å²) in [7, 11) is 3.14. The molecule has 0 spiro atoms. The largest absolute Gasteiger partial charge is 0.497 e. The summed E-state index contributed by atoms with van der Waals surface area (Å²) in [5.74, 6) is 1.79. The highest BCUT2D eigenvalue weighted by Crippen LogP contribution is 2.24. The summed E-state index contributed by atoms with van der Waals surface area (Å²) in [4.78, 5) is 12.2. The Hall–Kier alpha value is -2.40. The molecule has 0 saturated carbocycles. The number of ether oxygens (including phenoxy) is 3. The van der Waals surface area contributed by atoms with Crippen LogP contribution in [0.5, 0.6) is 17.2 Å². The van der Waals surface area contributed by atoms with Crippen LogP contribution >= 0.6 is 11.6 Å². The van der Waals surface area contributed by atoms with E-state index in [1.54, 1.807) is 25.3 Å². The summed E-state index contributed by atoms with van der Waals surface area (Å²) in [6.07, 6.45) is 0. The van der Waals surface area contributed by atoms with Crippen LogP contribution < -0.4 is 19.5 Å². The Balaban J connectivity index is 1.87. The Morgan fingerprint density at radius 1 is 1.08 bits per heavy atom. The molecule has 2 aromatic carbocycles. The third-order valence-electron chi connectivity index (χ3n) is 3.35. The SMILES string of the molecule is COc1ccc(OC[C@H](C)NC(=O)c2ccc(OC)c(Cl)c2)cc1. The minimum Gasteiger partial charge on any atom is -0.497 e. The van der Waals surface area contributed by atoms with Crippen LogP contribution in [0.1, 0.15) is 17.3 Å². The maximum absolute atomic E-state index is 12.2. The van der Waals surface area contributed by atoms with E-state index < -0.39 is 0 Å². The average Bonchev–Trinajstić information content (AvgIpc) is 2.60. The van der Waals surface area contributed by atoms with Gasteiger partial charge in [0.25, 0.3) is 5.91 Å². The van der Waals surface area contributed by atoms with Crippen LogP contribution in [0.4, 0.5) is 0 Å². The maximum Gasteiger partial charge on any atom is 0.251 e. The second-order valence-electron chi connectivity index (χ2n) is 5.21. The fraction of sp³-hybridized carbons (Fsp3) is 0.278. The van der Waals surface area contributed by atoms with Crippen molar-refractivity contribution in [3.05, 3.63) is 53.1 Å². The number of amides is 1. The molecule has 6 heteroatoms. The van der Waals surface area contributed by atoms with Crippen LogP contribution in [0, 0.1) is 0 Å². The van der Waals surface area contributed by atoms with Crippen LogP contribution in [-0.2, 0) is 0 Å². The fourth-order valence-electron chi connectivity index (χ4n) is 2.05. The number of carbonyl (C=O) groups excluding carboxylic acids is 1. The van der Waals surface area contributed by atoms with Crippen LogP contribution in [0.25, 0.3) is 0 Å². The molecule has 0 aromatic heterocycles. The molecule has 2 aromatic rings. The van der Waals surface area contributed by atoms with E-state index in [-0.39, 0.29) is 11.9 Å². The molecule has 1 amide bonds. The molecule has 128 valence electrons. The number of benzene rings is 2. The fourth-order valence-corrected chi connectivity index (χ4v) is 2.31. The van der Waals surface area contributed by atoms with Gasteiger partial charge in [-0.1, -0.05) is 11.6 Å². The minimum absolute atomic E-state index is 0.166. The molecule has 24 heavy (non-hydrogen) atoms. The lowest BCUT2D eigenvalue weighted by molar-refractivity contribution is 0.0926. The van der Waals surface area contributed by atoms with Gasteiger partial charge in [-0.3, -0.25) is 4.79 Å². The molecular formula is C18H20ClNO4. The van der Waals surface area contributed by atoms with Crippen LogP contribution in [-0.4, -0.2) is 32.8 Å². The molecular weight excluding hydrogens is 330 g/mol. The number of methoxy groups -OCH3 is 2. The third kappa shape index (κ3) is 4.80. The summed E-state index contributed by atoms with van der Waals surface area (Å²) in [5.41, 5.74) is 0.470. The van der Waals surface area contributed by atoms with Gasteiger partial charge < -0.3 is 19.5 Å². The Kier molecular flexibility index (Phi) is 6.32. The number of hydrogen-bond donors (Lipinski definition) is 1. The van der Waals surface area contributed by atoms with Gasteiger partial charge in [0, 0.05) is 5.56 Å². The lowest BCUT2D eigenvalue weighted by atomic mass is 10.2. The Labute approximate surface area is 146 Å². The van der Waals surface area contributed by atoms with Gasteiger partial charge in [0.1, 0.15) is 23.9 Å². The Morgan fingerprint density at radius 3 is 2.33 bits per heavy atom. The molecule has 1 atom stereocenters. The van der Waals surface area contributed by atoms with Crippen molar-refractivity contribution in [3.8, 4) is 17.2 Å². The van der Waals surface area contributed by atoms with Crippen LogP contribution in [0.15, 0.2) is 42.5 Å². The van der Waals surface area contributed by atoms with Crippen molar-refractivity contribution in [3.63, 3.8) is 0 Å². The van der Waals surface area contributed by atoms with Gasteiger partial charge in [-0.05, 0) is 49.4 Å². The molecule has 2 rings (SSSR count). The van der Waals surface area contributed by atoms with E-state index in [9.17, 15) is 4.79 Å². The molecule has 0 bridgehead atoms. The van der Waals surface area contributed by atoms with Crippen molar-refractivity contribution in [2.24, 2.45) is 0 Å². The highest BCUT2D eigenvalue weighted by molar-refractivity contribution is 6.32. The number of rotatable bonds is 7. The van der Waals surface area contributed by atoms with E-state index in [1.165, 1.54) is 7.11 Å². The predicted molar refractivity (Wildman–Crippen MR) is 93.4 cm³/mol. The zero-order valence-corrected chi connectivity index (χ0v) is 14.6. The molecule has 0 aliphatic rings. The number of hydrogen-bond acceptors (Lipinski definition) is 4. The first kappa shape index (κ1) is 17.9. The Morgan fingerprint density at radius 2 is 1.75 bits per heavy atom. The van der Waals surface area contributed by atoms with E-state index in [0.717, 1.165) is 5.75 Å². The lowest BCUT2D eigenvalue weighted by Gasteiger charge is -2.15. The molecule has 0 aliphatic carbocycles. The molecule has 0 unspecified atom stereocenters. The lowest BCUT2D eigenvalue weighted by Crippen LogP contribution is -2.36. The monoisotopic (exact) mass is 349 g/mol. The molecule has 5 nitrogen and oxygen atoms in total. The summed E-state index contributed by atoms with van der Waals surface area (Å²) in [6, 6.07) is 12.0. The summed E-state index contributed by atoms with van der Waals surface area (Å²) >= 11 is 6.04. The van der Waals surface area contributed by atoms with Crippen LogP contribution in [0.2, 0.25) is 5.02 Å². The first-order valence-corrected chi connectivity index (χ1v) is 7.82. The van der Waals surface area contributed by atoms with E-state index in [4.69, 9.17) is 25.8 Å². The van der Waals surface area contributed by atoms with E-state index >= 15 is 0 Å². The normalized spacial score (nSPS) is 11.5. The number of nitrogens with one attached hydrogen (secondary N) is 1. The second-order valence-corrected chi connectivity index (χ2v) is 5.62. The Bertz CT molecular complexity index is 688. The highest BCUT2D eigenvalue weighted by atomic mass is 35.5. The van der Waals surface area contributed by atoms with Gasteiger partial charge in [-0.2, -0.15) is 0 Å². The van der Waals surface area contributed by atoms with Crippen molar-refractivity contribution in [1.29, 1.82) is 0 Å². The summed E-state index contributed by atoms with van der Waals surface area (Å²) in [6.45, 7) is 2.22. The second kappa shape index (κ2) is 8.45. The molecule has 0 radical (unpaired) electrons. The molecule has 0 aliphatic heterocycles. The van der Waals surface area contributed by atoms with Crippen molar-refractivity contribution in [2.45, 2.75) is 13.0 Å². The number of halogens is 1. The average molecular weight is 350 g/mol. The van der Waals surface area contributed by atoms with Crippen molar-refractivity contribution in [1.82, 2.24) is 5.32 Å². The first-order valence-electron chi connectivity index (χ1n) is 7.44. The van der Waals surface area contributed by atoms with Gasteiger partial charge in [-0.15, -0.1) is 0 Å². The summed E-state index contributed by atoms with van der Waals surface area (Å²) < 4.78 is 15.8. The standard InChI is InChI=1S/C18H20ClNO4/c1-12(11-24-15-7-5-14(22-2)6-8-15)20-18(21)13-4-9-17(23-3)16(19)10-13/h4-10,12H,11H2,1-3H3,(H,20,21)/t12-/m0/s1. The van der Waals surface area contributed by atoms with Gasteiger partial charge in [0.05, 0.1) is 25.3 Å². The van der Waals surface area contributed by atoms with Crippen LogP contribution in [0.3, 0.4) is 0 Å². The summed E-state index contributed by atoms with van der Waals surface area (Å²) in [5, 5.41) is 3.26. The minimum atomic E-state index is -0.217. The number of carbonyl (C=O) groups is 1. The maximum atomic E-state index is 12.2. The molecule has 1 N–H and O–H groups in total. The smallest absolute Gasteiger partial charge is 0.251 e. The molecule has 0 fully saturated rings. The first-order chi connectivity index (χ1) is 11.5. The van der Waals surface area contributed by atoms with Gasteiger partial charge in [0.15, 0.2) is 0 Å². The van der Waals surface area contributed by atoms with E-state index in [2.05, 4.69) is 5.32 Å². The predicted octanol–water partition coefficient (Wildman–Crippen LogP) is 3.55. The van der Waals surface area contributed by atoms with Crippen molar-refractivity contribution >= 4 is 17.5 Å². The quantitative estimate of drug-likeness (QED) is 0.830. The van der Waals surface area contributed by atoms with Gasteiger partial charge in [0.2, 0.25) is 0 Å². The van der Waals surface area contributed by atoms with Gasteiger partial charge in [-0.25, -0.2) is 0 Å². The molecule has 0 heterocycles. The van der Waals surface area contributed by atoms with Crippen molar-refractivity contribution < 1.29 is 19.0 Å². The zero-order chi connectivity index (χ0) is 17.5.